The second-order valence-electron chi connectivity index (χ2n) is 14.1. The van der Waals surface area contributed by atoms with Gasteiger partial charge in [-0.05, 0) is 107 Å². The number of benzene rings is 10. The molecule has 0 aliphatic carbocycles. The van der Waals surface area contributed by atoms with Crippen molar-refractivity contribution in [3.05, 3.63) is 200 Å². The minimum absolute atomic E-state index is 1.16. The third-order valence-corrected chi connectivity index (χ3v) is 11.1. The minimum atomic E-state index is 1.16. The molecule has 0 radical (unpaired) electrons. The van der Waals surface area contributed by atoms with E-state index in [2.05, 4.69) is 205 Å². The molecular weight excluding hydrogens is 639 g/mol. The fourth-order valence-corrected chi connectivity index (χ4v) is 8.75. The molecule has 1 heterocycles. The van der Waals surface area contributed by atoms with Crippen molar-refractivity contribution >= 4 is 64.9 Å². The number of nitrogens with zero attached hydrogens (tertiary/aromatic N) is 1. The van der Waals surface area contributed by atoms with Crippen LogP contribution >= 0.6 is 0 Å². The van der Waals surface area contributed by atoms with E-state index in [0.29, 0.717) is 0 Å². The van der Waals surface area contributed by atoms with E-state index < -0.39 is 0 Å². The molecule has 0 unspecified atom stereocenters. The molecule has 1 heteroatoms. The number of hydrogen-bond donors (Lipinski definition) is 0. The number of hydrogen-bond acceptors (Lipinski definition) is 0. The Hall–Kier alpha value is -6.96. The zero-order valence-corrected chi connectivity index (χ0v) is 29.0. The summed E-state index contributed by atoms with van der Waals surface area (Å²) in [6, 6.07) is 73.7. The van der Waals surface area contributed by atoms with Crippen molar-refractivity contribution in [2.45, 2.75) is 0 Å². The van der Waals surface area contributed by atoms with Gasteiger partial charge < -0.3 is 4.57 Å². The maximum Gasteiger partial charge on any atom is 0.0619 e. The van der Waals surface area contributed by atoms with Gasteiger partial charge in [-0.25, -0.2) is 0 Å². The van der Waals surface area contributed by atoms with Crippen LogP contribution in [0.25, 0.3) is 104 Å². The Kier molecular flexibility index (Phi) is 6.62. The van der Waals surface area contributed by atoms with Gasteiger partial charge in [0.15, 0.2) is 0 Å². The summed E-state index contributed by atoms with van der Waals surface area (Å²) in [6.07, 6.45) is 0. The first kappa shape index (κ1) is 29.7. The van der Waals surface area contributed by atoms with Crippen LogP contribution in [0.5, 0.6) is 0 Å². The van der Waals surface area contributed by atoms with Gasteiger partial charge in [0.2, 0.25) is 0 Å². The third-order valence-electron chi connectivity index (χ3n) is 11.1. The molecule has 11 rings (SSSR count). The molecule has 0 spiro atoms. The normalized spacial score (nSPS) is 11.8. The van der Waals surface area contributed by atoms with Gasteiger partial charge in [-0.1, -0.05) is 164 Å². The Morgan fingerprint density at radius 2 is 0.792 bits per heavy atom. The maximum atomic E-state index is 2.46. The van der Waals surface area contributed by atoms with Crippen molar-refractivity contribution in [1.82, 2.24) is 4.57 Å². The monoisotopic (exact) mass is 671 g/mol. The zero-order valence-electron chi connectivity index (χ0n) is 29.0. The van der Waals surface area contributed by atoms with Crippen molar-refractivity contribution in [1.29, 1.82) is 0 Å². The fourth-order valence-electron chi connectivity index (χ4n) is 8.75. The summed E-state index contributed by atoms with van der Waals surface area (Å²) in [4.78, 5) is 0. The van der Waals surface area contributed by atoms with Crippen molar-refractivity contribution in [3.8, 4) is 39.1 Å². The molecule has 0 aliphatic rings. The molecule has 1 nitrogen and oxygen atoms in total. The fraction of sp³-hybridized carbons (Fsp3) is 0. The smallest absolute Gasteiger partial charge is 0.0619 e. The van der Waals surface area contributed by atoms with Crippen molar-refractivity contribution in [2.75, 3.05) is 0 Å². The lowest BCUT2D eigenvalue weighted by Gasteiger charge is -2.20. The standard InChI is InChI=1S/C52H33N/c1-2-17-41(18-3-1)53-49-24-11-10-19-43(49)47-23-12-22-42(52(47)53)38-29-30-46-48(33-38)51(40-28-26-35-14-5-7-16-37(35)32-40)45-21-9-8-20-44(45)50(46)39-27-25-34-13-4-6-15-36(34)31-39/h1-33H. The molecule has 0 bridgehead atoms. The van der Waals surface area contributed by atoms with E-state index in [4.69, 9.17) is 0 Å². The van der Waals surface area contributed by atoms with E-state index in [1.165, 1.54) is 98.3 Å². The van der Waals surface area contributed by atoms with Crippen molar-refractivity contribution < 1.29 is 0 Å². The van der Waals surface area contributed by atoms with E-state index in [-0.39, 0.29) is 0 Å². The largest absolute Gasteiger partial charge is 0.309 e. The first-order chi connectivity index (χ1) is 26.3. The molecule has 0 N–H and O–H groups in total. The third kappa shape index (κ3) is 4.64. The van der Waals surface area contributed by atoms with Gasteiger partial charge in [-0.3, -0.25) is 0 Å². The highest BCUT2D eigenvalue weighted by molar-refractivity contribution is 6.23. The number of aromatic nitrogens is 1. The lowest BCUT2D eigenvalue weighted by Crippen LogP contribution is -1.95. The summed E-state index contributed by atoms with van der Waals surface area (Å²) < 4.78 is 2.44. The Bertz CT molecular complexity index is 3220. The van der Waals surface area contributed by atoms with Gasteiger partial charge in [0.1, 0.15) is 0 Å². The highest BCUT2D eigenvalue weighted by atomic mass is 15.0. The van der Waals surface area contributed by atoms with Gasteiger partial charge in [-0.15, -0.1) is 0 Å². The summed E-state index contributed by atoms with van der Waals surface area (Å²) in [5.41, 5.74) is 11.0. The average Bonchev–Trinajstić information content (AvgIpc) is 3.57. The predicted octanol–water partition coefficient (Wildman–Crippen LogP) is 14.4. The molecule has 0 aliphatic heterocycles. The quantitative estimate of drug-likeness (QED) is 0.164. The molecule has 10 aromatic carbocycles. The molecule has 0 amide bonds. The molecular formula is C52H33N. The number of para-hydroxylation sites is 3. The Labute approximate surface area is 307 Å². The van der Waals surface area contributed by atoms with Crippen LogP contribution in [0, 0.1) is 0 Å². The zero-order chi connectivity index (χ0) is 34.9. The van der Waals surface area contributed by atoms with Gasteiger partial charge >= 0.3 is 0 Å². The summed E-state index contributed by atoms with van der Waals surface area (Å²) in [5, 5.41) is 12.5. The van der Waals surface area contributed by atoms with Gasteiger partial charge in [0.25, 0.3) is 0 Å². The number of rotatable bonds is 4. The molecule has 11 aromatic rings. The Morgan fingerprint density at radius 3 is 1.47 bits per heavy atom. The van der Waals surface area contributed by atoms with E-state index in [9.17, 15) is 0 Å². The summed E-state index contributed by atoms with van der Waals surface area (Å²) in [5.74, 6) is 0. The lowest BCUT2D eigenvalue weighted by atomic mass is 9.84. The van der Waals surface area contributed by atoms with Crippen molar-refractivity contribution in [3.63, 3.8) is 0 Å². The van der Waals surface area contributed by atoms with Crippen LogP contribution in [0.15, 0.2) is 200 Å². The maximum absolute atomic E-state index is 2.46. The Balaban J connectivity index is 1.27. The van der Waals surface area contributed by atoms with E-state index >= 15 is 0 Å². The minimum Gasteiger partial charge on any atom is -0.309 e. The van der Waals surface area contributed by atoms with E-state index in [0.717, 1.165) is 5.69 Å². The van der Waals surface area contributed by atoms with Crippen LogP contribution < -0.4 is 0 Å². The predicted molar refractivity (Wildman–Crippen MR) is 227 cm³/mol. The SMILES string of the molecule is c1ccc(-n2c3ccccc3c3cccc(-c4ccc5c(-c6ccc7ccccc7c6)c6ccccc6c(-c6ccc7ccccc7c6)c5c4)c32)cc1. The van der Waals surface area contributed by atoms with Crippen LogP contribution in [-0.4, -0.2) is 4.57 Å². The van der Waals surface area contributed by atoms with Crippen LogP contribution in [0.1, 0.15) is 0 Å². The highest BCUT2D eigenvalue weighted by Gasteiger charge is 2.20. The van der Waals surface area contributed by atoms with Crippen LogP contribution in [0.4, 0.5) is 0 Å². The van der Waals surface area contributed by atoms with Gasteiger partial charge in [-0.2, -0.15) is 0 Å². The Morgan fingerprint density at radius 1 is 0.283 bits per heavy atom. The van der Waals surface area contributed by atoms with Crippen LogP contribution in [0.3, 0.4) is 0 Å². The molecule has 53 heavy (non-hydrogen) atoms. The van der Waals surface area contributed by atoms with Gasteiger partial charge in [0, 0.05) is 22.0 Å². The average molecular weight is 672 g/mol. The number of fused-ring (bicyclic) bond motifs is 7. The highest BCUT2D eigenvalue weighted by Crippen LogP contribution is 2.47. The first-order valence-corrected chi connectivity index (χ1v) is 18.3. The van der Waals surface area contributed by atoms with Crippen molar-refractivity contribution in [2.24, 2.45) is 0 Å². The second kappa shape index (κ2) is 11.8. The van der Waals surface area contributed by atoms with Gasteiger partial charge in [0.05, 0.1) is 11.0 Å². The van der Waals surface area contributed by atoms with Crippen LogP contribution in [0.2, 0.25) is 0 Å². The second-order valence-corrected chi connectivity index (χ2v) is 14.1. The van der Waals surface area contributed by atoms with Crippen LogP contribution in [-0.2, 0) is 0 Å². The first-order valence-electron chi connectivity index (χ1n) is 18.3. The summed E-state index contributed by atoms with van der Waals surface area (Å²) in [7, 11) is 0. The molecule has 1 aromatic heterocycles. The van der Waals surface area contributed by atoms with E-state index in [1.807, 2.05) is 0 Å². The molecule has 246 valence electrons. The molecule has 0 atom stereocenters. The molecule has 0 saturated carbocycles. The van der Waals surface area contributed by atoms with E-state index in [1.54, 1.807) is 0 Å². The molecule has 0 fully saturated rings. The summed E-state index contributed by atoms with van der Waals surface area (Å²) >= 11 is 0. The topological polar surface area (TPSA) is 4.93 Å². The molecule has 0 saturated heterocycles. The summed E-state index contributed by atoms with van der Waals surface area (Å²) in [6.45, 7) is 0. The lowest BCUT2D eigenvalue weighted by molar-refractivity contribution is 1.18.